The number of likely N-dealkylation sites (N-methyl/N-ethyl adjacent to an activating group) is 1. The third-order valence-corrected chi connectivity index (χ3v) is 2.90. The first-order valence-electron chi connectivity index (χ1n) is 5.65. The zero-order chi connectivity index (χ0) is 11.3. The Bertz CT molecular complexity index is 281. The molecular formula is C13H22N2. The smallest absolute Gasteiger partial charge is 0.0571 e. The number of nitrogens with zero attached hydrogens (tertiary/aromatic N) is 1. The zero-order valence-electron chi connectivity index (χ0n) is 10.1. The molecule has 2 heteroatoms. The number of allylic oxidation sites excluding steroid dienone is 3. The second-order valence-electron chi connectivity index (χ2n) is 3.98. The summed E-state index contributed by atoms with van der Waals surface area (Å²) in [6.07, 6.45) is 6.84. The Kier molecular flexibility index (Phi) is 4.47. The highest BCUT2D eigenvalue weighted by atomic mass is 15.2. The van der Waals surface area contributed by atoms with E-state index in [1.54, 1.807) is 0 Å². The highest BCUT2D eigenvalue weighted by Crippen LogP contribution is 2.18. The predicted molar refractivity (Wildman–Crippen MR) is 66.5 cm³/mol. The molecule has 0 aromatic heterocycles. The SMILES string of the molecule is C=C(/C(=C/C(C)=C/C)NC)N1CCCC1. The van der Waals surface area contributed by atoms with Crippen LogP contribution in [0.25, 0.3) is 0 Å². The van der Waals surface area contributed by atoms with Gasteiger partial charge in [-0.1, -0.05) is 18.2 Å². The summed E-state index contributed by atoms with van der Waals surface area (Å²) in [5, 5.41) is 3.22. The monoisotopic (exact) mass is 206 g/mol. The topological polar surface area (TPSA) is 15.3 Å². The van der Waals surface area contributed by atoms with Gasteiger partial charge in [-0.3, -0.25) is 0 Å². The maximum absolute atomic E-state index is 4.16. The molecule has 0 unspecified atom stereocenters. The fraction of sp³-hybridized carbons (Fsp3) is 0.538. The normalized spacial score (nSPS) is 18.2. The molecule has 1 N–H and O–H groups in total. The van der Waals surface area contributed by atoms with Gasteiger partial charge in [-0.25, -0.2) is 0 Å². The summed E-state index contributed by atoms with van der Waals surface area (Å²) in [4.78, 5) is 2.35. The van der Waals surface area contributed by atoms with Crippen LogP contribution in [0.3, 0.4) is 0 Å². The van der Waals surface area contributed by atoms with Crippen molar-refractivity contribution in [2.75, 3.05) is 20.1 Å². The Morgan fingerprint density at radius 1 is 1.33 bits per heavy atom. The second-order valence-corrected chi connectivity index (χ2v) is 3.98. The van der Waals surface area contributed by atoms with E-state index in [1.807, 2.05) is 7.05 Å². The largest absolute Gasteiger partial charge is 0.386 e. The molecule has 84 valence electrons. The molecule has 0 amide bonds. The summed E-state index contributed by atoms with van der Waals surface area (Å²) in [6.45, 7) is 10.6. The first kappa shape index (κ1) is 11.9. The molecule has 1 saturated heterocycles. The van der Waals surface area contributed by atoms with Crippen LogP contribution in [-0.4, -0.2) is 25.0 Å². The lowest BCUT2D eigenvalue weighted by molar-refractivity contribution is 0.431. The van der Waals surface area contributed by atoms with Crippen molar-refractivity contribution in [3.63, 3.8) is 0 Å². The second kappa shape index (κ2) is 5.64. The number of hydrogen-bond donors (Lipinski definition) is 1. The summed E-state index contributed by atoms with van der Waals surface area (Å²) < 4.78 is 0. The average Bonchev–Trinajstić information content (AvgIpc) is 2.77. The van der Waals surface area contributed by atoms with Gasteiger partial charge >= 0.3 is 0 Å². The minimum atomic E-state index is 1.12. The Hall–Kier alpha value is -1.18. The van der Waals surface area contributed by atoms with Gasteiger partial charge in [0.25, 0.3) is 0 Å². The number of hydrogen-bond acceptors (Lipinski definition) is 2. The van der Waals surface area contributed by atoms with E-state index in [0.717, 1.165) is 24.5 Å². The molecule has 0 atom stereocenters. The summed E-state index contributed by atoms with van der Waals surface area (Å²) in [7, 11) is 1.95. The highest BCUT2D eigenvalue weighted by Gasteiger charge is 2.15. The molecule has 0 aliphatic carbocycles. The van der Waals surface area contributed by atoms with Gasteiger partial charge in [-0.15, -0.1) is 0 Å². The summed E-state index contributed by atoms with van der Waals surface area (Å²) in [5.74, 6) is 0. The predicted octanol–water partition coefficient (Wildman–Crippen LogP) is 2.67. The molecule has 0 radical (unpaired) electrons. The average molecular weight is 206 g/mol. The van der Waals surface area contributed by atoms with E-state index in [1.165, 1.54) is 18.4 Å². The summed E-state index contributed by atoms with van der Waals surface area (Å²) >= 11 is 0. The van der Waals surface area contributed by atoms with E-state index in [-0.39, 0.29) is 0 Å². The molecule has 0 bridgehead atoms. The lowest BCUT2D eigenvalue weighted by Gasteiger charge is -2.22. The standard InChI is InChI=1S/C13H22N2/c1-5-11(2)10-13(14-4)12(3)15-8-6-7-9-15/h5,10,14H,3,6-9H2,1-2,4H3/b11-5+,13-10-. The van der Waals surface area contributed by atoms with Crippen LogP contribution >= 0.6 is 0 Å². The lowest BCUT2D eigenvalue weighted by atomic mass is 10.2. The molecule has 1 aliphatic heterocycles. The zero-order valence-corrected chi connectivity index (χ0v) is 10.1. The van der Waals surface area contributed by atoms with E-state index >= 15 is 0 Å². The van der Waals surface area contributed by atoms with Crippen LogP contribution in [0, 0.1) is 0 Å². The van der Waals surface area contributed by atoms with Gasteiger partial charge in [0, 0.05) is 20.1 Å². The fourth-order valence-corrected chi connectivity index (χ4v) is 1.77. The van der Waals surface area contributed by atoms with E-state index in [4.69, 9.17) is 0 Å². The van der Waals surface area contributed by atoms with Gasteiger partial charge in [0.15, 0.2) is 0 Å². The van der Waals surface area contributed by atoms with E-state index in [2.05, 4.69) is 42.8 Å². The summed E-state index contributed by atoms with van der Waals surface area (Å²) in [5.41, 5.74) is 3.52. The lowest BCUT2D eigenvalue weighted by Crippen LogP contribution is -2.23. The van der Waals surface area contributed by atoms with Gasteiger partial charge in [0.1, 0.15) is 0 Å². The fourth-order valence-electron chi connectivity index (χ4n) is 1.77. The third-order valence-electron chi connectivity index (χ3n) is 2.90. The van der Waals surface area contributed by atoms with Crippen molar-refractivity contribution in [1.29, 1.82) is 0 Å². The minimum Gasteiger partial charge on any atom is -0.386 e. The molecule has 0 spiro atoms. The number of nitrogens with one attached hydrogen (secondary N) is 1. The number of likely N-dealkylation sites (tertiary alicyclic amines) is 1. The Morgan fingerprint density at radius 3 is 2.40 bits per heavy atom. The first-order chi connectivity index (χ1) is 7.19. The molecule has 15 heavy (non-hydrogen) atoms. The maximum Gasteiger partial charge on any atom is 0.0571 e. The molecule has 0 saturated carbocycles. The Morgan fingerprint density at radius 2 is 1.93 bits per heavy atom. The minimum absolute atomic E-state index is 1.12. The van der Waals surface area contributed by atoms with Crippen LogP contribution in [-0.2, 0) is 0 Å². The van der Waals surface area contributed by atoms with E-state index in [9.17, 15) is 0 Å². The van der Waals surface area contributed by atoms with Crippen molar-refractivity contribution in [2.24, 2.45) is 0 Å². The molecule has 0 aromatic rings. The van der Waals surface area contributed by atoms with Crippen LogP contribution < -0.4 is 5.32 Å². The van der Waals surface area contributed by atoms with Gasteiger partial charge in [0.05, 0.1) is 11.4 Å². The molecule has 1 aliphatic rings. The molecular weight excluding hydrogens is 184 g/mol. The van der Waals surface area contributed by atoms with Crippen molar-refractivity contribution >= 4 is 0 Å². The number of rotatable bonds is 4. The van der Waals surface area contributed by atoms with E-state index < -0.39 is 0 Å². The van der Waals surface area contributed by atoms with Crippen molar-refractivity contribution in [1.82, 2.24) is 10.2 Å². The quantitative estimate of drug-likeness (QED) is 0.711. The van der Waals surface area contributed by atoms with Crippen LogP contribution in [0.15, 0.2) is 35.7 Å². The van der Waals surface area contributed by atoms with Crippen molar-refractivity contribution < 1.29 is 0 Å². The van der Waals surface area contributed by atoms with E-state index in [0.29, 0.717) is 0 Å². The molecule has 2 nitrogen and oxygen atoms in total. The van der Waals surface area contributed by atoms with Gasteiger partial charge in [-0.05, 0) is 32.8 Å². The molecule has 1 heterocycles. The Labute approximate surface area is 93.4 Å². The van der Waals surface area contributed by atoms with Crippen LogP contribution in [0.2, 0.25) is 0 Å². The van der Waals surface area contributed by atoms with Gasteiger partial charge in [-0.2, -0.15) is 0 Å². The van der Waals surface area contributed by atoms with Crippen LogP contribution in [0.1, 0.15) is 26.7 Å². The van der Waals surface area contributed by atoms with Crippen molar-refractivity contribution in [3.05, 3.63) is 35.7 Å². The van der Waals surface area contributed by atoms with Crippen LogP contribution in [0.4, 0.5) is 0 Å². The molecule has 1 fully saturated rings. The maximum atomic E-state index is 4.16. The first-order valence-corrected chi connectivity index (χ1v) is 5.65. The highest BCUT2D eigenvalue weighted by molar-refractivity contribution is 5.32. The molecule has 1 rings (SSSR count). The van der Waals surface area contributed by atoms with Crippen LogP contribution in [0.5, 0.6) is 0 Å². The Balaban J connectivity index is 2.73. The van der Waals surface area contributed by atoms with Gasteiger partial charge in [0.2, 0.25) is 0 Å². The van der Waals surface area contributed by atoms with Gasteiger partial charge < -0.3 is 10.2 Å². The molecule has 0 aromatic carbocycles. The van der Waals surface area contributed by atoms with Crippen molar-refractivity contribution in [2.45, 2.75) is 26.7 Å². The summed E-state index contributed by atoms with van der Waals surface area (Å²) in [6, 6.07) is 0. The third kappa shape index (κ3) is 3.15. The van der Waals surface area contributed by atoms with Crippen molar-refractivity contribution in [3.8, 4) is 0 Å².